The van der Waals surface area contributed by atoms with Crippen molar-refractivity contribution >= 4 is 5.91 Å². The van der Waals surface area contributed by atoms with Gasteiger partial charge < -0.3 is 10.0 Å². The van der Waals surface area contributed by atoms with Gasteiger partial charge >= 0.3 is 0 Å². The zero-order valence-electron chi connectivity index (χ0n) is 11.4. The van der Waals surface area contributed by atoms with E-state index in [1.165, 1.54) is 18.3 Å². The van der Waals surface area contributed by atoms with Gasteiger partial charge in [0.2, 0.25) is 0 Å². The van der Waals surface area contributed by atoms with Crippen LogP contribution in [0.5, 0.6) is 0 Å². The number of H-pyrrole nitrogens is 1. The second-order valence-corrected chi connectivity index (χ2v) is 5.19. The number of hydrogen-bond acceptors (Lipinski definition) is 3. The molecule has 1 aromatic carbocycles. The summed E-state index contributed by atoms with van der Waals surface area (Å²) < 4.78 is 13.0. The predicted octanol–water partition coefficient (Wildman–Crippen LogP) is 1.81. The summed E-state index contributed by atoms with van der Waals surface area (Å²) in [7, 11) is 0. The second-order valence-electron chi connectivity index (χ2n) is 5.19. The van der Waals surface area contributed by atoms with Gasteiger partial charge in [-0.3, -0.25) is 9.89 Å². The largest absolute Gasteiger partial charge is 0.393 e. The van der Waals surface area contributed by atoms with Crippen LogP contribution in [-0.2, 0) is 0 Å². The summed E-state index contributed by atoms with van der Waals surface area (Å²) in [6.45, 7) is 1.07. The Bertz CT molecular complexity index is 631. The number of nitrogens with zero attached hydrogens (tertiary/aromatic N) is 2. The molecule has 0 saturated carbocycles. The van der Waals surface area contributed by atoms with E-state index in [0.717, 1.165) is 0 Å². The molecule has 1 aliphatic rings. The Morgan fingerprint density at radius 1 is 1.29 bits per heavy atom. The second kappa shape index (κ2) is 5.65. The fourth-order valence-electron chi connectivity index (χ4n) is 2.52. The highest BCUT2D eigenvalue weighted by Crippen LogP contribution is 2.23. The van der Waals surface area contributed by atoms with E-state index in [-0.39, 0.29) is 17.8 Å². The van der Waals surface area contributed by atoms with Crippen molar-refractivity contribution in [3.8, 4) is 11.3 Å². The number of rotatable bonds is 2. The van der Waals surface area contributed by atoms with Crippen molar-refractivity contribution in [1.29, 1.82) is 0 Å². The topological polar surface area (TPSA) is 69.2 Å². The maximum absolute atomic E-state index is 13.0. The molecule has 0 bridgehead atoms. The molecular formula is C15H16FN3O2. The fourth-order valence-corrected chi connectivity index (χ4v) is 2.52. The van der Waals surface area contributed by atoms with Crippen molar-refractivity contribution in [2.75, 3.05) is 13.1 Å². The van der Waals surface area contributed by atoms with E-state index in [2.05, 4.69) is 10.2 Å². The maximum Gasteiger partial charge on any atom is 0.257 e. The Morgan fingerprint density at radius 2 is 1.95 bits per heavy atom. The van der Waals surface area contributed by atoms with E-state index < -0.39 is 0 Å². The molecule has 2 aromatic rings. The number of nitrogens with one attached hydrogen (secondary N) is 1. The van der Waals surface area contributed by atoms with Gasteiger partial charge in [0.15, 0.2) is 0 Å². The molecule has 110 valence electrons. The summed E-state index contributed by atoms with van der Waals surface area (Å²) in [5, 5.41) is 16.2. The van der Waals surface area contributed by atoms with Crippen LogP contribution in [0.2, 0.25) is 0 Å². The molecule has 0 aliphatic carbocycles. The van der Waals surface area contributed by atoms with Crippen molar-refractivity contribution in [2.24, 2.45) is 0 Å². The first kappa shape index (κ1) is 13.8. The van der Waals surface area contributed by atoms with Gasteiger partial charge in [0.25, 0.3) is 5.91 Å². The number of piperidine rings is 1. The first-order valence-corrected chi connectivity index (χ1v) is 6.92. The normalized spacial score (nSPS) is 16.2. The number of aliphatic hydroxyl groups is 1. The molecule has 1 amide bonds. The highest BCUT2D eigenvalue weighted by molar-refractivity contribution is 5.99. The van der Waals surface area contributed by atoms with Crippen LogP contribution in [0.25, 0.3) is 11.3 Å². The molecule has 0 radical (unpaired) electrons. The van der Waals surface area contributed by atoms with Gasteiger partial charge in [-0.2, -0.15) is 5.10 Å². The minimum atomic E-state index is -0.324. The summed E-state index contributed by atoms with van der Waals surface area (Å²) >= 11 is 0. The van der Waals surface area contributed by atoms with Crippen LogP contribution in [0.4, 0.5) is 4.39 Å². The van der Waals surface area contributed by atoms with E-state index in [1.54, 1.807) is 17.0 Å². The van der Waals surface area contributed by atoms with E-state index in [4.69, 9.17) is 0 Å². The fraction of sp³-hybridized carbons (Fsp3) is 0.333. The monoisotopic (exact) mass is 289 g/mol. The van der Waals surface area contributed by atoms with Crippen LogP contribution >= 0.6 is 0 Å². The first-order chi connectivity index (χ1) is 10.1. The van der Waals surface area contributed by atoms with Gasteiger partial charge in [0.05, 0.1) is 23.6 Å². The molecule has 6 heteroatoms. The molecule has 3 rings (SSSR count). The van der Waals surface area contributed by atoms with Gasteiger partial charge in [0.1, 0.15) is 5.82 Å². The number of hydrogen-bond donors (Lipinski definition) is 2. The molecule has 2 N–H and O–H groups in total. The van der Waals surface area contributed by atoms with Crippen LogP contribution in [0, 0.1) is 5.82 Å². The standard InChI is InChI=1S/C15H16FN3O2/c16-11-3-1-10(2-4-11)14-13(9-17-18-14)15(21)19-7-5-12(20)6-8-19/h1-4,9,12,20H,5-8H2,(H,17,18). The predicted molar refractivity (Wildman–Crippen MR) is 75.1 cm³/mol. The zero-order chi connectivity index (χ0) is 14.8. The van der Waals surface area contributed by atoms with Crippen molar-refractivity contribution in [3.63, 3.8) is 0 Å². The Labute approximate surface area is 121 Å². The molecule has 0 spiro atoms. The third-order valence-electron chi connectivity index (χ3n) is 3.75. The van der Waals surface area contributed by atoms with Gasteiger partial charge in [-0.1, -0.05) is 0 Å². The Balaban J connectivity index is 1.85. The summed E-state index contributed by atoms with van der Waals surface area (Å²) in [5.74, 6) is -0.439. The maximum atomic E-state index is 13.0. The number of aromatic nitrogens is 2. The van der Waals surface area contributed by atoms with Gasteiger partial charge in [-0.15, -0.1) is 0 Å². The van der Waals surface area contributed by atoms with Crippen molar-refractivity contribution in [3.05, 3.63) is 41.8 Å². The van der Waals surface area contributed by atoms with E-state index in [0.29, 0.717) is 42.8 Å². The summed E-state index contributed by atoms with van der Waals surface area (Å²) in [6, 6.07) is 5.92. The summed E-state index contributed by atoms with van der Waals surface area (Å²) in [4.78, 5) is 14.3. The molecule has 1 fully saturated rings. The lowest BCUT2D eigenvalue weighted by Gasteiger charge is -2.29. The van der Waals surface area contributed by atoms with Crippen molar-refractivity contribution < 1.29 is 14.3 Å². The van der Waals surface area contributed by atoms with Crippen LogP contribution in [-0.4, -0.2) is 45.3 Å². The van der Waals surface area contributed by atoms with Crippen molar-refractivity contribution in [2.45, 2.75) is 18.9 Å². The molecule has 0 atom stereocenters. The average Bonchev–Trinajstić information content (AvgIpc) is 2.97. The van der Waals surface area contributed by atoms with E-state index in [9.17, 15) is 14.3 Å². The minimum Gasteiger partial charge on any atom is -0.393 e. The minimum absolute atomic E-state index is 0.116. The SMILES string of the molecule is O=C(c1cn[nH]c1-c1ccc(F)cc1)N1CCC(O)CC1. The Hall–Kier alpha value is -2.21. The number of aromatic amines is 1. The smallest absolute Gasteiger partial charge is 0.257 e. The lowest BCUT2D eigenvalue weighted by atomic mass is 10.0. The number of amides is 1. The molecule has 21 heavy (non-hydrogen) atoms. The van der Waals surface area contributed by atoms with Gasteiger partial charge in [-0.05, 0) is 37.1 Å². The average molecular weight is 289 g/mol. The molecule has 2 heterocycles. The molecular weight excluding hydrogens is 273 g/mol. The zero-order valence-corrected chi connectivity index (χ0v) is 11.4. The highest BCUT2D eigenvalue weighted by Gasteiger charge is 2.25. The van der Waals surface area contributed by atoms with Gasteiger partial charge in [-0.25, -0.2) is 4.39 Å². The van der Waals surface area contributed by atoms with E-state index in [1.807, 2.05) is 0 Å². The number of aliphatic hydroxyl groups excluding tert-OH is 1. The van der Waals surface area contributed by atoms with Crippen LogP contribution < -0.4 is 0 Å². The molecule has 5 nitrogen and oxygen atoms in total. The lowest BCUT2D eigenvalue weighted by molar-refractivity contribution is 0.0547. The van der Waals surface area contributed by atoms with E-state index >= 15 is 0 Å². The Kier molecular flexibility index (Phi) is 3.70. The third-order valence-corrected chi connectivity index (χ3v) is 3.75. The number of likely N-dealkylation sites (tertiary alicyclic amines) is 1. The molecule has 1 aliphatic heterocycles. The van der Waals surface area contributed by atoms with Gasteiger partial charge in [0, 0.05) is 18.7 Å². The van der Waals surface area contributed by atoms with Crippen LogP contribution in [0.15, 0.2) is 30.5 Å². The van der Waals surface area contributed by atoms with Crippen molar-refractivity contribution in [1.82, 2.24) is 15.1 Å². The molecule has 1 aromatic heterocycles. The third kappa shape index (κ3) is 2.80. The number of carbonyl (C=O) groups excluding carboxylic acids is 1. The molecule has 1 saturated heterocycles. The molecule has 0 unspecified atom stereocenters. The number of benzene rings is 1. The summed E-state index contributed by atoms with van der Waals surface area (Å²) in [6.07, 6.45) is 2.35. The highest BCUT2D eigenvalue weighted by atomic mass is 19.1. The number of halogens is 1. The lowest BCUT2D eigenvalue weighted by Crippen LogP contribution is -2.40. The van der Waals surface area contributed by atoms with Crippen LogP contribution in [0.1, 0.15) is 23.2 Å². The number of carbonyl (C=O) groups is 1. The summed E-state index contributed by atoms with van der Waals surface area (Å²) in [5.41, 5.74) is 1.78. The Morgan fingerprint density at radius 3 is 2.62 bits per heavy atom. The van der Waals surface area contributed by atoms with Crippen LogP contribution in [0.3, 0.4) is 0 Å². The quantitative estimate of drug-likeness (QED) is 0.886. The first-order valence-electron chi connectivity index (χ1n) is 6.92.